The average Bonchev–Trinajstić information content (AvgIpc) is 2.52. The van der Waals surface area contributed by atoms with Crippen molar-refractivity contribution in [2.24, 2.45) is 0 Å². The molecule has 0 unspecified atom stereocenters. The molecule has 0 aromatic carbocycles. The van der Waals surface area contributed by atoms with Crippen LogP contribution in [0.5, 0.6) is 0 Å². The van der Waals surface area contributed by atoms with Gasteiger partial charge in [-0.3, -0.25) is 4.57 Å². The minimum atomic E-state index is -4.09. The number of halogens is 6. The van der Waals surface area contributed by atoms with Gasteiger partial charge in [0, 0.05) is 19.0 Å². The molecule has 2 N–H and O–H groups in total. The fourth-order valence-corrected chi connectivity index (χ4v) is 3.78. The molecule has 0 fully saturated rings. The molecule has 0 spiro atoms. The molecule has 0 aromatic rings. The lowest BCUT2D eigenvalue weighted by atomic mass is 9.97. The standard InChI is InChI=1S/C19H35F6O3P/c1-2-17(20,21)15-19(24,25)16-18(22,23)13-11-9-7-5-3-4-6-8-10-12-14-29(26,27)28/h2-16H2,1H3,(H2,26,27,28). The van der Waals surface area contributed by atoms with Gasteiger partial charge in [0.1, 0.15) is 0 Å². The van der Waals surface area contributed by atoms with Crippen LogP contribution in [0.1, 0.15) is 96.8 Å². The van der Waals surface area contributed by atoms with E-state index in [0.717, 1.165) is 45.4 Å². The number of hydrogen-bond acceptors (Lipinski definition) is 1. The van der Waals surface area contributed by atoms with Crippen LogP contribution in [0.3, 0.4) is 0 Å². The Morgan fingerprint density at radius 1 is 0.621 bits per heavy atom. The molecule has 0 heterocycles. The van der Waals surface area contributed by atoms with E-state index in [2.05, 4.69) is 0 Å². The first-order chi connectivity index (χ1) is 13.2. The van der Waals surface area contributed by atoms with Gasteiger partial charge in [0.2, 0.25) is 0 Å². The molecule has 0 aliphatic rings. The van der Waals surface area contributed by atoms with Gasteiger partial charge in [0.25, 0.3) is 17.8 Å². The van der Waals surface area contributed by atoms with Crippen LogP contribution in [0, 0.1) is 0 Å². The Kier molecular flexibility index (Phi) is 13.1. The van der Waals surface area contributed by atoms with Gasteiger partial charge in [-0.2, -0.15) is 0 Å². The molecule has 0 saturated heterocycles. The van der Waals surface area contributed by atoms with Crippen LogP contribution < -0.4 is 0 Å². The molecule has 0 rings (SSSR count). The maximum absolute atomic E-state index is 13.7. The average molecular weight is 456 g/mol. The SMILES string of the molecule is CCC(F)(F)CC(F)(F)CC(F)(F)CCCCCCCCCCCCP(=O)(O)O. The maximum Gasteiger partial charge on any atom is 0.325 e. The third kappa shape index (κ3) is 18.2. The molecule has 0 amide bonds. The molecule has 0 saturated carbocycles. The highest BCUT2D eigenvalue weighted by Crippen LogP contribution is 2.41. The number of rotatable bonds is 18. The van der Waals surface area contributed by atoms with E-state index in [1.54, 1.807) is 0 Å². The molecule has 0 aromatic heterocycles. The highest BCUT2D eigenvalue weighted by Gasteiger charge is 2.48. The smallest absolute Gasteiger partial charge is 0.324 e. The summed E-state index contributed by atoms with van der Waals surface area (Å²) in [6.45, 7) is 1.04. The quantitative estimate of drug-likeness (QED) is 0.127. The second-order valence-electron chi connectivity index (χ2n) is 7.95. The van der Waals surface area contributed by atoms with Crippen molar-refractivity contribution in [2.45, 2.75) is 115 Å². The lowest BCUT2D eigenvalue weighted by molar-refractivity contribution is -0.159. The van der Waals surface area contributed by atoms with Crippen LogP contribution in [-0.4, -0.2) is 33.7 Å². The van der Waals surface area contributed by atoms with Gasteiger partial charge in [0.15, 0.2) is 0 Å². The zero-order valence-electron chi connectivity index (χ0n) is 17.1. The molecular weight excluding hydrogens is 421 g/mol. The Bertz CT molecular complexity index is 483. The van der Waals surface area contributed by atoms with Crippen LogP contribution >= 0.6 is 7.60 Å². The number of hydrogen-bond donors (Lipinski definition) is 2. The van der Waals surface area contributed by atoms with E-state index >= 15 is 0 Å². The van der Waals surface area contributed by atoms with Crippen molar-refractivity contribution in [3.05, 3.63) is 0 Å². The van der Waals surface area contributed by atoms with Gasteiger partial charge in [0.05, 0.1) is 12.8 Å². The zero-order valence-corrected chi connectivity index (χ0v) is 18.0. The third-order valence-electron chi connectivity index (χ3n) is 4.79. The molecule has 0 bridgehead atoms. The summed E-state index contributed by atoms with van der Waals surface area (Å²) in [5, 5.41) is 0. The van der Waals surface area contributed by atoms with Gasteiger partial charge in [-0.15, -0.1) is 0 Å². The van der Waals surface area contributed by atoms with Crippen molar-refractivity contribution in [1.82, 2.24) is 0 Å². The molecule has 0 aliphatic carbocycles. The van der Waals surface area contributed by atoms with Crippen molar-refractivity contribution in [2.75, 3.05) is 6.16 Å². The van der Waals surface area contributed by atoms with Crippen LogP contribution in [0.4, 0.5) is 26.3 Å². The molecule has 0 radical (unpaired) electrons. The second kappa shape index (κ2) is 13.2. The van der Waals surface area contributed by atoms with Gasteiger partial charge in [-0.05, 0) is 12.8 Å². The largest absolute Gasteiger partial charge is 0.325 e. The molecule has 29 heavy (non-hydrogen) atoms. The van der Waals surface area contributed by atoms with Crippen molar-refractivity contribution >= 4 is 7.60 Å². The van der Waals surface area contributed by atoms with E-state index < -0.39 is 51.0 Å². The Morgan fingerprint density at radius 3 is 1.41 bits per heavy atom. The summed E-state index contributed by atoms with van der Waals surface area (Å²) in [6, 6.07) is 0. The normalized spacial score (nSPS) is 13.8. The Balaban J connectivity index is 3.75. The van der Waals surface area contributed by atoms with Crippen molar-refractivity contribution < 1.29 is 40.7 Å². The molecule has 10 heteroatoms. The van der Waals surface area contributed by atoms with E-state index in [9.17, 15) is 30.9 Å². The summed E-state index contributed by atoms with van der Waals surface area (Å²) >= 11 is 0. The summed E-state index contributed by atoms with van der Waals surface area (Å²) in [5.41, 5.74) is 0. The van der Waals surface area contributed by atoms with E-state index in [1.165, 1.54) is 0 Å². The highest BCUT2D eigenvalue weighted by atomic mass is 31.2. The van der Waals surface area contributed by atoms with E-state index in [-0.39, 0.29) is 12.6 Å². The maximum atomic E-state index is 13.7. The molecule has 3 nitrogen and oxygen atoms in total. The molecular formula is C19H35F6O3P. The first-order valence-corrected chi connectivity index (χ1v) is 12.2. The molecule has 0 atom stereocenters. The van der Waals surface area contributed by atoms with E-state index in [4.69, 9.17) is 9.79 Å². The lowest BCUT2D eigenvalue weighted by Crippen LogP contribution is -2.34. The fourth-order valence-electron chi connectivity index (χ4n) is 3.15. The van der Waals surface area contributed by atoms with Crippen LogP contribution in [0.25, 0.3) is 0 Å². The molecule has 176 valence electrons. The summed E-state index contributed by atoms with van der Waals surface area (Å²) in [6.07, 6.45) is 1.75. The summed E-state index contributed by atoms with van der Waals surface area (Å²) in [4.78, 5) is 17.4. The fraction of sp³-hybridized carbons (Fsp3) is 1.00. The van der Waals surface area contributed by atoms with E-state index in [0.29, 0.717) is 19.3 Å². The first kappa shape index (κ1) is 28.7. The lowest BCUT2D eigenvalue weighted by Gasteiger charge is -2.26. The van der Waals surface area contributed by atoms with Gasteiger partial charge in [-0.1, -0.05) is 58.3 Å². The third-order valence-corrected chi connectivity index (χ3v) is 5.69. The van der Waals surface area contributed by atoms with Crippen LogP contribution in [0.15, 0.2) is 0 Å². The summed E-state index contributed by atoms with van der Waals surface area (Å²) in [7, 11) is -3.91. The van der Waals surface area contributed by atoms with Crippen molar-refractivity contribution in [1.29, 1.82) is 0 Å². The van der Waals surface area contributed by atoms with Crippen molar-refractivity contribution in [3.63, 3.8) is 0 Å². The predicted octanol–water partition coefficient (Wildman–Crippen LogP) is 7.55. The van der Waals surface area contributed by atoms with Crippen LogP contribution in [-0.2, 0) is 4.57 Å². The predicted molar refractivity (Wildman–Crippen MR) is 102 cm³/mol. The minimum absolute atomic E-state index is 0.0790. The number of alkyl halides is 6. The van der Waals surface area contributed by atoms with Crippen LogP contribution in [0.2, 0.25) is 0 Å². The van der Waals surface area contributed by atoms with E-state index in [1.807, 2.05) is 0 Å². The van der Waals surface area contributed by atoms with Gasteiger partial charge < -0.3 is 9.79 Å². The molecule has 0 aliphatic heterocycles. The summed E-state index contributed by atoms with van der Waals surface area (Å²) < 4.78 is 91.1. The Morgan fingerprint density at radius 2 is 1.00 bits per heavy atom. The second-order valence-corrected chi connectivity index (χ2v) is 9.73. The topological polar surface area (TPSA) is 57.5 Å². The highest BCUT2D eigenvalue weighted by molar-refractivity contribution is 7.51. The van der Waals surface area contributed by atoms with Gasteiger partial charge in [-0.25, -0.2) is 26.3 Å². The Labute approximate surface area is 169 Å². The Hall–Kier alpha value is -0.270. The van der Waals surface area contributed by atoms with Crippen molar-refractivity contribution in [3.8, 4) is 0 Å². The minimum Gasteiger partial charge on any atom is -0.324 e. The monoisotopic (exact) mass is 456 g/mol. The first-order valence-electron chi connectivity index (χ1n) is 10.4. The van der Waals surface area contributed by atoms with Gasteiger partial charge >= 0.3 is 7.60 Å². The zero-order chi connectivity index (χ0) is 22.6. The number of unbranched alkanes of at least 4 members (excludes halogenated alkanes) is 9. The summed E-state index contributed by atoms with van der Waals surface area (Å²) in [5.74, 6) is -11.4.